The molecule has 0 aliphatic rings. The van der Waals surface area contributed by atoms with Gasteiger partial charge >= 0.3 is 5.97 Å². The van der Waals surface area contributed by atoms with Crippen molar-refractivity contribution in [3.8, 4) is 5.75 Å². The Balaban J connectivity index is 1.61. The zero-order valence-electron chi connectivity index (χ0n) is 15.3. The maximum Gasteiger partial charge on any atom is 0.338 e. The van der Waals surface area contributed by atoms with E-state index in [1.807, 2.05) is 49.4 Å². The van der Waals surface area contributed by atoms with Gasteiger partial charge in [-0.15, -0.1) is 0 Å². The normalized spacial score (nSPS) is 11.6. The Labute approximate surface area is 157 Å². The molecule has 0 fully saturated rings. The third-order valence-corrected chi connectivity index (χ3v) is 4.07. The first kappa shape index (κ1) is 18.5. The first-order valence-electron chi connectivity index (χ1n) is 8.80. The van der Waals surface area contributed by atoms with Gasteiger partial charge in [0, 0.05) is 5.69 Å². The highest BCUT2D eigenvalue weighted by atomic mass is 16.5. The molecule has 5 heteroatoms. The van der Waals surface area contributed by atoms with Crippen molar-refractivity contribution in [3.63, 3.8) is 0 Å². The summed E-state index contributed by atoms with van der Waals surface area (Å²) < 4.78 is 10.6. The third-order valence-electron chi connectivity index (χ3n) is 4.07. The van der Waals surface area contributed by atoms with Crippen LogP contribution in [0.15, 0.2) is 66.7 Å². The van der Waals surface area contributed by atoms with Gasteiger partial charge in [0.1, 0.15) is 5.75 Å². The van der Waals surface area contributed by atoms with Crippen LogP contribution in [-0.2, 0) is 9.53 Å². The van der Waals surface area contributed by atoms with Crippen LogP contribution in [0, 0.1) is 0 Å². The number of amides is 1. The number of carbonyl (C=O) groups excluding carboxylic acids is 2. The van der Waals surface area contributed by atoms with Crippen LogP contribution in [0.5, 0.6) is 5.75 Å². The second-order valence-corrected chi connectivity index (χ2v) is 6.06. The molecule has 0 aromatic heterocycles. The predicted octanol–water partition coefficient (Wildman–Crippen LogP) is 4.42. The summed E-state index contributed by atoms with van der Waals surface area (Å²) in [6, 6.07) is 20.1. The van der Waals surface area contributed by atoms with E-state index < -0.39 is 12.1 Å². The van der Waals surface area contributed by atoms with Gasteiger partial charge in [-0.3, -0.25) is 4.79 Å². The van der Waals surface area contributed by atoms with Gasteiger partial charge < -0.3 is 14.8 Å². The Kier molecular flexibility index (Phi) is 5.71. The first-order valence-corrected chi connectivity index (χ1v) is 8.80. The Morgan fingerprint density at radius 1 is 0.963 bits per heavy atom. The fraction of sp³-hybridized carbons (Fsp3) is 0.182. The Morgan fingerprint density at radius 3 is 2.37 bits per heavy atom. The third kappa shape index (κ3) is 4.64. The largest absolute Gasteiger partial charge is 0.494 e. The highest BCUT2D eigenvalue weighted by Crippen LogP contribution is 2.19. The second kappa shape index (κ2) is 8.36. The molecule has 0 heterocycles. The fourth-order valence-corrected chi connectivity index (χ4v) is 2.65. The van der Waals surface area contributed by atoms with Crippen molar-refractivity contribution in [2.45, 2.75) is 20.0 Å². The summed E-state index contributed by atoms with van der Waals surface area (Å²) in [5, 5.41) is 4.89. The van der Waals surface area contributed by atoms with E-state index in [-0.39, 0.29) is 5.91 Å². The number of nitrogens with one attached hydrogen (secondary N) is 1. The summed E-state index contributed by atoms with van der Waals surface area (Å²) in [5.74, 6) is -0.264. The van der Waals surface area contributed by atoms with Crippen molar-refractivity contribution >= 4 is 28.3 Å². The molecule has 0 bridgehead atoms. The number of rotatable bonds is 6. The average Bonchev–Trinajstić information content (AvgIpc) is 2.68. The minimum atomic E-state index is -0.921. The van der Waals surface area contributed by atoms with Crippen molar-refractivity contribution in [3.05, 3.63) is 72.3 Å². The molecule has 0 spiro atoms. The van der Waals surface area contributed by atoms with Crippen molar-refractivity contribution in [2.24, 2.45) is 0 Å². The molecule has 1 amide bonds. The van der Waals surface area contributed by atoms with Gasteiger partial charge in [-0.25, -0.2) is 4.79 Å². The van der Waals surface area contributed by atoms with E-state index in [4.69, 9.17) is 9.47 Å². The summed E-state index contributed by atoms with van der Waals surface area (Å²) in [5.41, 5.74) is 1.02. The van der Waals surface area contributed by atoms with Crippen LogP contribution in [0.4, 0.5) is 5.69 Å². The molecule has 0 radical (unpaired) electrons. The van der Waals surface area contributed by atoms with Crippen molar-refractivity contribution in [2.75, 3.05) is 11.9 Å². The lowest BCUT2D eigenvalue weighted by molar-refractivity contribution is -0.123. The average molecular weight is 363 g/mol. The van der Waals surface area contributed by atoms with Crippen LogP contribution in [0.1, 0.15) is 24.2 Å². The minimum absolute atomic E-state index is 0.365. The molecule has 0 unspecified atom stereocenters. The van der Waals surface area contributed by atoms with Crippen LogP contribution in [0.25, 0.3) is 10.8 Å². The molecule has 0 saturated carbocycles. The second-order valence-electron chi connectivity index (χ2n) is 6.06. The number of anilines is 1. The quantitative estimate of drug-likeness (QED) is 0.658. The van der Waals surface area contributed by atoms with Gasteiger partial charge in [0.25, 0.3) is 5.91 Å². The first-order chi connectivity index (χ1) is 13.1. The van der Waals surface area contributed by atoms with Crippen LogP contribution in [0.3, 0.4) is 0 Å². The molecule has 0 aliphatic heterocycles. The summed E-state index contributed by atoms with van der Waals surface area (Å²) in [7, 11) is 0. The molecular weight excluding hydrogens is 342 g/mol. The SMILES string of the molecule is CCOc1ccc(C(=O)O[C@@H](C)C(=O)Nc2ccc3ccccc3c2)cc1. The number of benzene rings is 3. The van der Waals surface area contributed by atoms with Crippen molar-refractivity contribution in [1.29, 1.82) is 0 Å². The Morgan fingerprint density at radius 2 is 1.67 bits per heavy atom. The maximum absolute atomic E-state index is 12.3. The van der Waals surface area contributed by atoms with Gasteiger partial charge in [-0.2, -0.15) is 0 Å². The highest BCUT2D eigenvalue weighted by molar-refractivity contribution is 5.98. The summed E-state index contributed by atoms with van der Waals surface area (Å²) >= 11 is 0. The lowest BCUT2D eigenvalue weighted by Crippen LogP contribution is -2.30. The van der Waals surface area contributed by atoms with E-state index in [9.17, 15) is 9.59 Å². The summed E-state index contributed by atoms with van der Waals surface area (Å²) in [4.78, 5) is 24.6. The van der Waals surface area contributed by atoms with E-state index >= 15 is 0 Å². The molecular formula is C22H21NO4. The summed E-state index contributed by atoms with van der Waals surface area (Å²) in [6.07, 6.45) is -0.921. The fourth-order valence-electron chi connectivity index (χ4n) is 2.65. The Bertz CT molecular complexity index is 950. The van der Waals surface area contributed by atoms with E-state index in [1.165, 1.54) is 0 Å². The number of hydrogen-bond donors (Lipinski definition) is 1. The lowest BCUT2D eigenvalue weighted by Gasteiger charge is -2.14. The molecule has 5 nitrogen and oxygen atoms in total. The van der Waals surface area contributed by atoms with E-state index in [0.29, 0.717) is 23.6 Å². The topological polar surface area (TPSA) is 64.6 Å². The molecule has 27 heavy (non-hydrogen) atoms. The molecule has 0 aliphatic carbocycles. The molecule has 3 aromatic rings. The minimum Gasteiger partial charge on any atom is -0.494 e. The van der Waals surface area contributed by atoms with Gasteiger partial charge in [0.05, 0.1) is 12.2 Å². The molecule has 138 valence electrons. The van der Waals surface area contributed by atoms with E-state index in [1.54, 1.807) is 31.2 Å². The number of hydrogen-bond acceptors (Lipinski definition) is 4. The molecule has 0 saturated heterocycles. The molecule has 1 N–H and O–H groups in total. The smallest absolute Gasteiger partial charge is 0.338 e. The van der Waals surface area contributed by atoms with E-state index in [2.05, 4.69) is 5.32 Å². The Hall–Kier alpha value is -3.34. The number of fused-ring (bicyclic) bond motifs is 1. The standard InChI is InChI=1S/C22H21NO4/c1-3-26-20-12-9-17(10-13-20)22(25)27-15(2)21(24)23-19-11-8-16-6-4-5-7-18(16)14-19/h4-15H,3H2,1-2H3,(H,23,24)/t15-/m0/s1. The monoisotopic (exact) mass is 363 g/mol. The zero-order chi connectivity index (χ0) is 19.2. The van der Waals surface area contributed by atoms with Gasteiger partial charge in [0.2, 0.25) is 0 Å². The zero-order valence-corrected chi connectivity index (χ0v) is 15.3. The van der Waals surface area contributed by atoms with Crippen molar-refractivity contribution in [1.82, 2.24) is 0 Å². The summed E-state index contributed by atoms with van der Waals surface area (Å²) in [6.45, 7) is 3.98. The molecule has 1 atom stereocenters. The van der Waals surface area contributed by atoms with E-state index in [0.717, 1.165) is 10.8 Å². The lowest BCUT2D eigenvalue weighted by atomic mass is 10.1. The number of carbonyl (C=O) groups is 2. The van der Waals surface area contributed by atoms with Crippen LogP contribution >= 0.6 is 0 Å². The number of ether oxygens (including phenoxy) is 2. The van der Waals surface area contributed by atoms with Gasteiger partial charge in [-0.1, -0.05) is 30.3 Å². The highest BCUT2D eigenvalue weighted by Gasteiger charge is 2.19. The molecule has 3 rings (SSSR count). The van der Waals surface area contributed by atoms with Gasteiger partial charge in [-0.05, 0) is 61.0 Å². The van der Waals surface area contributed by atoms with Crippen LogP contribution in [-0.4, -0.2) is 24.6 Å². The van der Waals surface area contributed by atoms with Crippen LogP contribution in [0.2, 0.25) is 0 Å². The van der Waals surface area contributed by atoms with Gasteiger partial charge in [0.15, 0.2) is 6.10 Å². The van der Waals surface area contributed by atoms with Crippen LogP contribution < -0.4 is 10.1 Å². The maximum atomic E-state index is 12.3. The predicted molar refractivity (Wildman–Crippen MR) is 105 cm³/mol. The van der Waals surface area contributed by atoms with Crippen molar-refractivity contribution < 1.29 is 19.1 Å². The number of esters is 1. The molecule has 3 aromatic carbocycles.